The van der Waals surface area contributed by atoms with Gasteiger partial charge in [0.1, 0.15) is 23.0 Å². The smallest absolute Gasteiger partial charge is 0.274 e. The zero-order valence-corrected chi connectivity index (χ0v) is 14.8. The number of aromatic hydroxyl groups is 1. The van der Waals surface area contributed by atoms with Gasteiger partial charge in [-0.3, -0.25) is 14.4 Å². The van der Waals surface area contributed by atoms with Gasteiger partial charge in [0.2, 0.25) is 5.43 Å². The second-order valence-electron chi connectivity index (χ2n) is 6.18. The van der Waals surface area contributed by atoms with Gasteiger partial charge in [-0.2, -0.15) is 0 Å². The van der Waals surface area contributed by atoms with Crippen LogP contribution in [0.2, 0.25) is 0 Å². The van der Waals surface area contributed by atoms with Crippen LogP contribution in [0.5, 0.6) is 5.75 Å². The third kappa shape index (κ3) is 3.32. The van der Waals surface area contributed by atoms with Gasteiger partial charge in [0.05, 0.1) is 0 Å². The van der Waals surface area contributed by atoms with Crippen molar-refractivity contribution in [2.45, 2.75) is 20.0 Å². The van der Waals surface area contributed by atoms with Gasteiger partial charge in [0.15, 0.2) is 11.4 Å². The fourth-order valence-corrected chi connectivity index (χ4v) is 3.00. The number of carbonyl (C=O) groups excluding carboxylic acids is 2. The van der Waals surface area contributed by atoms with Crippen LogP contribution in [-0.4, -0.2) is 39.5 Å². The minimum atomic E-state index is -1.19. The molecule has 0 radical (unpaired) electrons. The van der Waals surface area contributed by atoms with Gasteiger partial charge in [-0.05, 0) is 6.92 Å². The average Bonchev–Trinajstić information content (AvgIpc) is 2.63. The fraction of sp³-hybridized carbons (Fsp3) is 0.278. The molecule has 28 heavy (non-hydrogen) atoms. The van der Waals surface area contributed by atoms with Crippen molar-refractivity contribution in [1.82, 2.24) is 14.8 Å². The molecule has 0 saturated carbocycles. The Kier molecular flexibility index (Phi) is 5.12. The van der Waals surface area contributed by atoms with E-state index in [1.54, 1.807) is 6.92 Å². The first-order valence-corrected chi connectivity index (χ1v) is 8.41. The van der Waals surface area contributed by atoms with Crippen molar-refractivity contribution in [2.24, 2.45) is 0 Å². The normalized spacial score (nSPS) is 13.4. The highest BCUT2D eigenvalue weighted by Gasteiger charge is 2.30. The number of fused-ring (bicyclic) bond motifs is 1. The molecule has 0 saturated heterocycles. The number of amides is 2. The van der Waals surface area contributed by atoms with Crippen molar-refractivity contribution in [3.8, 4) is 5.75 Å². The summed E-state index contributed by atoms with van der Waals surface area (Å²) in [6.45, 7) is 2.09. The maximum Gasteiger partial charge on any atom is 0.274 e. The van der Waals surface area contributed by atoms with Crippen LogP contribution in [0.4, 0.5) is 13.2 Å². The zero-order valence-electron chi connectivity index (χ0n) is 14.8. The number of hydrogen-bond donors (Lipinski definition) is 2. The lowest BCUT2D eigenvalue weighted by Gasteiger charge is -2.29. The van der Waals surface area contributed by atoms with Crippen LogP contribution in [0, 0.1) is 17.5 Å². The predicted octanol–water partition coefficient (Wildman–Crippen LogP) is 1.38. The lowest BCUT2D eigenvalue weighted by atomic mass is 10.1. The summed E-state index contributed by atoms with van der Waals surface area (Å²) in [4.78, 5) is 38.4. The molecule has 148 valence electrons. The van der Waals surface area contributed by atoms with E-state index in [1.165, 1.54) is 9.47 Å². The number of nitrogens with one attached hydrogen (secondary N) is 1. The van der Waals surface area contributed by atoms with E-state index in [4.69, 9.17) is 0 Å². The molecule has 2 N–H and O–H groups in total. The quantitative estimate of drug-likeness (QED) is 0.818. The summed E-state index contributed by atoms with van der Waals surface area (Å²) in [5.74, 6) is -5.88. The van der Waals surface area contributed by atoms with Crippen LogP contribution in [-0.2, 0) is 13.1 Å². The molecule has 0 spiro atoms. The summed E-state index contributed by atoms with van der Waals surface area (Å²) < 4.78 is 41.6. The standard InChI is InChI=1S/C18H16F3N3O4/c1-2-23-3-4-24-8-11(15(25)16(26)14(24)18(23)28)17(27)22-7-10-12(20)5-9(19)6-13(10)21/h5-6,8,26H,2-4,7H2,1H3,(H,22,27). The third-order valence-corrected chi connectivity index (χ3v) is 4.51. The Labute approximate surface area is 157 Å². The number of likely N-dealkylation sites (N-methyl/N-ethyl adjacent to an activating group) is 1. The Morgan fingerprint density at radius 3 is 2.43 bits per heavy atom. The number of rotatable bonds is 4. The topological polar surface area (TPSA) is 91.6 Å². The van der Waals surface area contributed by atoms with Gasteiger partial charge in [-0.1, -0.05) is 0 Å². The molecule has 0 fully saturated rings. The molecule has 0 aliphatic carbocycles. The summed E-state index contributed by atoms with van der Waals surface area (Å²) in [6, 6.07) is 0.935. The molecule has 0 unspecified atom stereocenters. The van der Waals surface area contributed by atoms with Crippen LogP contribution in [0.3, 0.4) is 0 Å². The Morgan fingerprint density at radius 1 is 1.18 bits per heavy atom. The highest BCUT2D eigenvalue weighted by molar-refractivity contribution is 5.99. The van der Waals surface area contributed by atoms with E-state index in [-0.39, 0.29) is 12.2 Å². The molecule has 0 bridgehead atoms. The van der Waals surface area contributed by atoms with E-state index in [2.05, 4.69) is 5.32 Å². The highest BCUT2D eigenvalue weighted by Crippen LogP contribution is 2.20. The number of pyridine rings is 1. The first-order chi connectivity index (χ1) is 13.2. The molecule has 2 heterocycles. The van der Waals surface area contributed by atoms with Crippen molar-refractivity contribution in [2.75, 3.05) is 13.1 Å². The molecule has 1 aromatic carbocycles. The molecule has 0 atom stereocenters. The second kappa shape index (κ2) is 7.37. The molecule has 1 aromatic heterocycles. The molecule has 1 aliphatic heterocycles. The molecule has 1 aliphatic rings. The molecule has 2 amide bonds. The van der Waals surface area contributed by atoms with Crippen LogP contribution in [0.15, 0.2) is 23.1 Å². The van der Waals surface area contributed by atoms with Crippen LogP contribution < -0.4 is 10.7 Å². The molecular weight excluding hydrogens is 379 g/mol. The molecule has 10 heteroatoms. The van der Waals surface area contributed by atoms with E-state index >= 15 is 0 Å². The number of benzene rings is 1. The summed E-state index contributed by atoms with van der Waals surface area (Å²) in [5, 5.41) is 12.3. The predicted molar refractivity (Wildman–Crippen MR) is 91.4 cm³/mol. The minimum absolute atomic E-state index is 0.217. The SMILES string of the molecule is CCN1CCn2cc(C(=O)NCc3c(F)cc(F)cc3F)c(=O)c(O)c2C1=O. The summed E-state index contributed by atoms with van der Waals surface area (Å²) in [6.07, 6.45) is 1.12. The fourth-order valence-electron chi connectivity index (χ4n) is 3.00. The highest BCUT2D eigenvalue weighted by atomic mass is 19.1. The Balaban J connectivity index is 1.89. The van der Waals surface area contributed by atoms with Crippen LogP contribution in [0.25, 0.3) is 0 Å². The van der Waals surface area contributed by atoms with Crippen LogP contribution >= 0.6 is 0 Å². The van der Waals surface area contributed by atoms with Gasteiger partial charge in [-0.15, -0.1) is 0 Å². The van der Waals surface area contributed by atoms with E-state index in [0.29, 0.717) is 25.2 Å². The number of carbonyl (C=O) groups is 2. The van der Waals surface area contributed by atoms with Crippen molar-refractivity contribution in [3.05, 3.63) is 62.8 Å². The van der Waals surface area contributed by atoms with Crippen LogP contribution in [0.1, 0.15) is 33.3 Å². The number of halogens is 3. The van der Waals surface area contributed by atoms with Gasteiger partial charge < -0.3 is 19.9 Å². The summed E-state index contributed by atoms with van der Waals surface area (Å²) >= 11 is 0. The van der Waals surface area contributed by atoms with E-state index < -0.39 is 58.1 Å². The van der Waals surface area contributed by atoms with E-state index in [1.807, 2.05) is 0 Å². The molecule has 2 aromatic rings. The van der Waals surface area contributed by atoms with Gasteiger partial charge >= 0.3 is 0 Å². The van der Waals surface area contributed by atoms with Gasteiger partial charge in [0.25, 0.3) is 11.8 Å². The van der Waals surface area contributed by atoms with Gasteiger partial charge in [0, 0.05) is 50.1 Å². The van der Waals surface area contributed by atoms with Crippen molar-refractivity contribution in [1.29, 1.82) is 0 Å². The van der Waals surface area contributed by atoms with E-state index in [0.717, 1.165) is 6.20 Å². The van der Waals surface area contributed by atoms with Crippen molar-refractivity contribution >= 4 is 11.8 Å². The number of nitrogens with zero attached hydrogens (tertiary/aromatic N) is 2. The molecule has 3 rings (SSSR count). The lowest BCUT2D eigenvalue weighted by Crippen LogP contribution is -2.42. The number of aromatic nitrogens is 1. The van der Waals surface area contributed by atoms with E-state index in [9.17, 15) is 32.7 Å². The Morgan fingerprint density at radius 2 is 1.82 bits per heavy atom. The third-order valence-electron chi connectivity index (χ3n) is 4.51. The molecular formula is C18H16F3N3O4. The Bertz CT molecular complexity index is 1010. The van der Waals surface area contributed by atoms with Crippen molar-refractivity contribution in [3.63, 3.8) is 0 Å². The molecule has 7 nitrogen and oxygen atoms in total. The Hall–Kier alpha value is -3.30. The minimum Gasteiger partial charge on any atom is -0.503 e. The maximum absolute atomic E-state index is 13.7. The first-order valence-electron chi connectivity index (χ1n) is 8.41. The average molecular weight is 395 g/mol. The van der Waals surface area contributed by atoms with Gasteiger partial charge in [-0.25, -0.2) is 13.2 Å². The summed E-state index contributed by atoms with van der Waals surface area (Å²) in [7, 11) is 0. The summed E-state index contributed by atoms with van der Waals surface area (Å²) in [5.41, 5.74) is -2.35. The lowest BCUT2D eigenvalue weighted by molar-refractivity contribution is 0.0705. The maximum atomic E-state index is 13.7. The first kappa shape index (κ1) is 19.5. The monoisotopic (exact) mass is 395 g/mol. The number of hydrogen-bond acceptors (Lipinski definition) is 4. The largest absolute Gasteiger partial charge is 0.503 e. The van der Waals surface area contributed by atoms with Crippen molar-refractivity contribution < 1.29 is 27.9 Å². The second-order valence-corrected chi connectivity index (χ2v) is 6.18. The zero-order chi connectivity index (χ0) is 20.6.